The van der Waals surface area contributed by atoms with Gasteiger partial charge < -0.3 is 93.4 Å². The van der Waals surface area contributed by atoms with E-state index in [0.717, 1.165) is 13.8 Å². The molecule has 31 heteroatoms. The van der Waals surface area contributed by atoms with Gasteiger partial charge in [-0.2, -0.15) is 0 Å². The third-order valence-electron chi connectivity index (χ3n) is 27.2. The number of benzene rings is 6. The third kappa shape index (κ3) is 17.5. The molecule has 6 aromatic rings. The summed E-state index contributed by atoms with van der Waals surface area (Å²) in [5.41, 5.74) is -11.7. The smallest absolute Gasteiger partial charge is 0.338 e. The molecule has 6 aromatic carbocycles. The second kappa shape index (κ2) is 38.0. The summed E-state index contributed by atoms with van der Waals surface area (Å²) in [6.45, 7) is 16.8. The molecule has 6 aliphatic carbocycles. The number of carboxylic acid groups (broad SMARTS) is 1. The molecule has 684 valence electrons. The van der Waals surface area contributed by atoms with E-state index in [9.17, 15) is 78.6 Å². The number of methoxy groups -OCH3 is 2. The Morgan fingerprint density at radius 2 is 0.836 bits per heavy atom. The maximum atomic E-state index is 15.5. The van der Waals surface area contributed by atoms with Crippen molar-refractivity contribution in [3.05, 3.63) is 238 Å². The molecule has 4 bridgehead atoms. The number of hydrogen-bond acceptors (Lipinski definition) is 28. The first-order valence-corrected chi connectivity index (χ1v) is 41.8. The fourth-order valence-electron chi connectivity index (χ4n) is 20.6. The van der Waals surface area contributed by atoms with Gasteiger partial charge in [-0.3, -0.25) is 38.4 Å². The Balaban J connectivity index is 0.000000207. The molecule has 2 amide bonds. The fraction of sp³-hybridized carbons (Fsp3) is 0.464. The van der Waals surface area contributed by atoms with Gasteiger partial charge in [0.05, 0.1) is 77.4 Å². The van der Waals surface area contributed by atoms with Crippen LogP contribution in [0.4, 0.5) is 0 Å². The summed E-state index contributed by atoms with van der Waals surface area (Å²) in [4.78, 5) is 161. The molecule has 0 aromatic heterocycles. The van der Waals surface area contributed by atoms with Gasteiger partial charge in [0.1, 0.15) is 41.7 Å². The van der Waals surface area contributed by atoms with Crippen LogP contribution in [0.3, 0.4) is 0 Å². The van der Waals surface area contributed by atoms with Gasteiger partial charge >= 0.3 is 47.8 Å². The highest BCUT2D eigenvalue weighted by atomic mass is 16.7. The minimum Gasteiger partial charge on any atom is -0.479 e. The van der Waals surface area contributed by atoms with Crippen molar-refractivity contribution in [3.8, 4) is 0 Å². The van der Waals surface area contributed by atoms with Gasteiger partial charge in [-0.05, 0) is 110 Å². The predicted octanol–water partition coefficient (Wildman–Crippen LogP) is 8.94. The van der Waals surface area contributed by atoms with Gasteiger partial charge in [-0.1, -0.05) is 169 Å². The second-order valence-corrected chi connectivity index (χ2v) is 35.1. The standard InChI is InChI=1S/C47H51NO14.C32H40O11.C17H17NO4.CH4/c1-25-31(60-43(56)36(52)35(28-16-10-7-11-17-28)48-41(54)29-18-12-8-13-19-29)23-47(57)40(61-42(55)30-20-14-9-15-21-30)38-45(6,32(51)22-33-46(38,24-58-33)62-27(3)50)39(53)37(59-26(2)49)34(25)44(47,4)5;1-16-20(35)14-32(38)27(42-28(37)19-11-9-8-10-12-19)25-30(6,26(36)24(41-17(2)33)23(16)29(32,4)5)21(39-7)13-22-31(25,15-40-22)43-18(3)34;1-22-15(17(20)21)14(12-8-4-2-5-9-12)18-16(19)13-10-6-3-7-11-13;/h7-21,31-33,35-38,40,51-52,57H,22-24H2,1-6H3,(H,48,54);8-12,20-22,24-25,27,35,38H,13-15H2,1-7H3;2-11,14-15H,1H3,(H,18,19)(H,20,21);1H4/t31-,32-,33+,35-,36+,37+,38-,40-,45+,46-,47+;20-,21-,22+,24+,25-,27-,30+,31-,32+;14-,15+;/m000./s1. The average molecular weight is 1770 g/mol. The number of carboxylic acids is 1. The minimum absolute atomic E-state index is 0. The molecule has 14 rings (SSSR count). The zero-order chi connectivity index (χ0) is 92.6. The van der Waals surface area contributed by atoms with Crippen LogP contribution >= 0.6 is 0 Å². The molecule has 22 atom stereocenters. The maximum absolute atomic E-state index is 15.5. The van der Waals surface area contributed by atoms with Crippen molar-refractivity contribution in [2.75, 3.05) is 27.4 Å². The Morgan fingerprint density at radius 3 is 1.22 bits per heavy atom. The summed E-state index contributed by atoms with van der Waals surface area (Å²) in [5.74, 6) is -12.3. The first kappa shape index (κ1) is 97.1. The van der Waals surface area contributed by atoms with E-state index in [1.165, 1.54) is 54.0 Å². The number of carbonyl (C=O) groups is 12. The van der Waals surface area contributed by atoms with Crippen molar-refractivity contribution in [1.82, 2.24) is 10.6 Å². The van der Waals surface area contributed by atoms with Crippen LogP contribution < -0.4 is 10.6 Å². The largest absolute Gasteiger partial charge is 0.479 e. The SMILES string of the molecule is C.CC(=O)O[C@H]1C(=O)[C@@]2(C)[C@H]([C@H](OC(=O)c3ccccc3)[C@]3(O)C[C@H](OC(=O)[C@H](O)[C@@H](NC(=O)c4ccccc4)c4ccccc4)C(C)=C1C3(C)C)[C@]1(OC(C)=O)CO[C@@H]1C[C@@H]2O.CO[C@@H](C(=O)O)[C@@H](NC(=O)c1ccccc1)c1ccccc1.CO[C@H]1C[C@H]2OC[C@@]2(OC(C)=O)[C@H]2[C@H](OC(=O)c3ccccc3)[C@]3(O)C[C@H](O)C(C)=C([C@@H](OC(C)=O)C(=O)[C@]12C)C3(C)C. The molecule has 4 saturated carbocycles. The molecule has 31 nitrogen and oxygen atoms in total. The lowest BCUT2D eigenvalue weighted by Gasteiger charge is -2.67. The zero-order valence-electron chi connectivity index (χ0n) is 72.9. The Morgan fingerprint density at radius 1 is 0.469 bits per heavy atom. The maximum Gasteiger partial charge on any atom is 0.338 e. The Kier molecular flexibility index (Phi) is 28.9. The van der Waals surface area contributed by atoms with Crippen LogP contribution in [-0.4, -0.2) is 225 Å². The number of fused-ring (bicyclic) bond motifs is 10. The molecule has 6 fully saturated rings. The molecule has 8 aliphatic rings. The first-order valence-electron chi connectivity index (χ1n) is 41.8. The van der Waals surface area contributed by atoms with Crippen molar-refractivity contribution in [2.24, 2.45) is 33.5 Å². The monoisotopic (exact) mass is 1770 g/mol. The van der Waals surface area contributed by atoms with Gasteiger partial charge in [0.15, 0.2) is 47.2 Å². The van der Waals surface area contributed by atoms with Gasteiger partial charge in [0.2, 0.25) is 0 Å². The highest BCUT2D eigenvalue weighted by Crippen LogP contribution is 2.67. The number of ether oxygens (including phenoxy) is 11. The van der Waals surface area contributed by atoms with E-state index < -0.39 is 213 Å². The number of hydrogen-bond donors (Lipinski definition) is 8. The van der Waals surface area contributed by atoms with Crippen molar-refractivity contribution < 1.29 is 140 Å². The van der Waals surface area contributed by atoms with Crippen LogP contribution in [0.25, 0.3) is 0 Å². The van der Waals surface area contributed by atoms with Gasteiger partial charge in [-0.25, -0.2) is 19.2 Å². The summed E-state index contributed by atoms with van der Waals surface area (Å²) < 4.78 is 65.2. The molecule has 8 N–H and O–H groups in total. The van der Waals surface area contributed by atoms with Crippen LogP contribution in [0.15, 0.2) is 204 Å². The van der Waals surface area contributed by atoms with Crippen LogP contribution in [-0.2, 0) is 90.5 Å². The van der Waals surface area contributed by atoms with Gasteiger partial charge in [-0.15, -0.1) is 0 Å². The van der Waals surface area contributed by atoms with Crippen LogP contribution in [0.1, 0.15) is 181 Å². The molecule has 0 radical (unpaired) electrons. The van der Waals surface area contributed by atoms with Crippen molar-refractivity contribution in [3.63, 3.8) is 0 Å². The van der Waals surface area contributed by atoms with Crippen LogP contribution in [0, 0.1) is 33.5 Å². The Bertz CT molecular complexity index is 5220. The van der Waals surface area contributed by atoms with Crippen molar-refractivity contribution in [2.45, 2.75) is 224 Å². The molecule has 0 spiro atoms. The number of aliphatic carboxylic acids is 1. The van der Waals surface area contributed by atoms with Gasteiger partial charge in [0, 0.05) is 89.6 Å². The van der Waals surface area contributed by atoms with Crippen molar-refractivity contribution >= 4 is 71.1 Å². The van der Waals surface area contributed by atoms with E-state index in [1.807, 2.05) is 6.07 Å². The number of aliphatic hydroxyl groups excluding tert-OH is 3. The third-order valence-corrected chi connectivity index (χ3v) is 27.2. The molecule has 0 unspecified atom stereocenters. The number of esters is 7. The minimum atomic E-state index is -2.39. The zero-order valence-corrected chi connectivity index (χ0v) is 72.9. The molecule has 2 aliphatic heterocycles. The lowest BCUT2D eigenvalue weighted by Crippen LogP contribution is -2.82. The molecular weight excluding hydrogens is 1660 g/mol. The summed E-state index contributed by atoms with van der Waals surface area (Å²) in [6.07, 6.45) is -17.8. The van der Waals surface area contributed by atoms with E-state index >= 15 is 9.59 Å². The van der Waals surface area contributed by atoms with Crippen molar-refractivity contribution in [1.29, 1.82) is 0 Å². The summed E-state index contributed by atoms with van der Waals surface area (Å²) in [7, 11) is 2.74. The molecule has 128 heavy (non-hydrogen) atoms. The highest BCUT2D eigenvalue weighted by Gasteiger charge is 2.81. The Hall–Kier alpha value is -11.5. The summed E-state index contributed by atoms with van der Waals surface area (Å²) >= 11 is 0. The molecule has 2 heterocycles. The number of rotatable bonds is 21. The number of ketones is 2. The molecule has 2 saturated heterocycles. The van der Waals surface area contributed by atoms with E-state index in [1.54, 1.807) is 205 Å². The van der Waals surface area contributed by atoms with E-state index in [4.69, 9.17) is 52.1 Å². The lowest BCUT2D eigenvalue weighted by molar-refractivity contribution is -0.347. The Labute approximate surface area is 741 Å². The number of Topliss-reactive ketones (excluding diaryl/α,β-unsaturated/α-hetero) is 2. The average Bonchev–Trinajstić information content (AvgIpc) is 0.671. The van der Waals surface area contributed by atoms with E-state index in [0.29, 0.717) is 22.3 Å². The quantitative estimate of drug-likeness (QED) is 0.0189. The normalized spacial score (nSPS) is 31.0. The molecular formula is C97H112N2O29. The topological polar surface area (TPSA) is 452 Å². The number of aliphatic hydroxyl groups is 5. The highest BCUT2D eigenvalue weighted by molar-refractivity contribution is 5.98. The second-order valence-electron chi connectivity index (χ2n) is 35.1. The van der Waals surface area contributed by atoms with Crippen LogP contribution in [0.2, 0.25) is 0 Å². The number of amides is 2. The fourth-order valence-corrected chi connectivity index (χ4v) is 20.6. The first-order chi connectivity index (χ1) is 60.0. The van der Waals surface area contributed by atoms with Gasteiger partial charge in [0.25, 0.3) is 11.8 Å². The van der Waals surface area contributed by atoms with Crippen LogP contribution in [0.5, 0.6) is 0 Å². The lowest BCUT2D eigenvalue weighted by atomic mass is 9.44. The summed E-state index contributed by atoms with van der Waals surface area (Å²) in [6, 6.07) is 47.9. The van der Waals surface area contributed by atoms with E-state index in [2.05, 4.69) is 10.6 Å². The predicted molar refractivity (Wildman–Crippen MR) is 455 cm³/mol. The number of carbonyl (C=O) groups excluding carboxylic acids is 11. The summed E-state index contributed by atoms with van der Waals surface area (Å²) in [5, 5.41) is 76.6. The van der Waals surface area contributed by atoms with E-state index in [-0.39, 0.29) is 79.2 Å². The number of nitrogens with one attached hydrogen (secondary N) is 2.